The Bertz CT molecular complexity index is 513. The zero-order valence-corrected chi connectivity index (χ0v) is 10.0. The van der Waals surface area contributed by atoms with E-state index >= 15 is 0 Å². The van der Waals surface area contributed by atoms with Gasteiger partial charge in [0.15, 0.2) is 11.5 Å². The normalized spacial score (nSPS) is 15.6. The van der Waals surface area contributed by atoms with Crippen LogP contribution in [0.15, 0.2) is 6.07 Å². The van der Waals surface area contributed by atoms with Crippen molar-refractivity contribution >= 4 is 5.97 Å². The van der Waals surface area contributed by atoms with Crippen molar-refractivity contribution < 1.29 is 45.6 Å². The zero-order valence-electron chi connectivity index (χ0n) is 10.0. The smallest absolute Gasteiger partial charge is 0.336 e. The van der Waals surface area contributed by atoms with Gasteiger partial charge in [0.25, 0.3) is 0 Å². The Morgan fingerprint density at radius 3 is 2.10 bits per heavy atom. The summed E-state index contributed by atoms with van der Waals surface area (Å²) in [6, 6.07) is 0.563. The Hall–Kier alpha value is -2.07. The van der Waals surface area contributed by atoms with Crippen LogP contribution in [-0.2, 0) is 0 Å². The molecule has 112 valence electrons. The largest absolute Gasteiger partial charge is 0.504 e. The second kappa shape index (κ2) is 5.92. The maximum atomic E-state index is 11.0. The first-order valence-electron chi connectivity index (χ1n) is 5.38. The van der Waals surface area contributed by atoms with Gasteiger partial charge in [-0.2, -0.15) is 0 Å². The number of hydrogen-bond donors (Lipinski definition) is 8. The number of aromatic carboxylic acids is 1. The Morgan fingerprint density at radius 2 is 1.65 bits per heavy atom. The highest BCUT2D eigenvalue weighted by Gasteiger charge is 2.33. The molecule has 3 atom stereocenters. The molecule has 1 rings (SSSR count). The molecule has 0 aromatic heterocycles. The van der Waals surface area contributed by atoms with Crippen molar-refractivity contribution in [1.82, 2.24) is 0 Å². The van der Waals surface area contributed by atoms with Crippen LogP contribution in [0.25, 0.3) is 0 Å². The lowest BCUT2D eigenvalue weighted by atomic mass is 9.94. The molecule has 0 bridgehead atoms. The van der Waals surface area contributed by atoms with Crippen LogP contribution in [0.1, 0.15) is 22.0 Å². The third kappa shape index (κ3) is 2.75. The Balaban J connectivity index is 3.42. The summed E-state index contributed by atoms with van der Waals surface area (Å²) in [7, 11) is 0. The van der Waals surface area contributed by atoms with Crippen LogP contribution in [-0.4, -0.2) is 65.6 Å². The second-order valence-electron chi connectivity index (χ2n) is 4.04. The number of aliphatic hydroxyl groups is 4. The van der Waals surface area contributed by atoms with Crippen LogP contribution >= 0.6 is 0 Å². The number of aromatic hydroxyl groups is 3. The van der Waals surface area contributed by atoms with Gasteiger partial charge in [-0.3, -0.25) is 0 Å². The van der Waals surface area contributed by atoms with E-state index in [4.69, 9.17) is 10.2 Å². The molecule has 0 fully saturated rings. The van der Waals surface area contributed by atoms with E-state index in [1.807, 2.05) is 0 Å². The maximum absolute atomic E-state index is 11.0. The molecule has 0 heterocycles. The monoisotopic (exact) mass is 290 g/mol. The fourth-order valence-corrected chi connectivity index (χ4v) is 1.62. The first-order valence-corrected chi connectivity index (χ1v) is 5.38. The third-order valence-electron chi connectivity index (χ3n) is 2.72. The summed E-state index contributed by atoms with van der Waals surface area (Å²) in [6.07, 6.45) is -5.94. The van der Waals surface area contributed by atoms with Crippen molar-refractivity contribution in [3.63, 3.8) is 0 Å². The number of carbonyl (C=O) groups is 1. The molecule has 9 nitrogen and oxygen atoms in total. The molecule has 8 N–H and O–H groups in total. The minimum Gasteiger partial charge on any atom is -0.504 e. The fourth-order valence-electron chi connectivity index (χ4n) is 1.62. The lowest BCUT2D eigenvalue weighted by Gasteiger charge is -2.24. The summed E-state index contributed by atoms with van der Waals surface area (Å²) in [6.45, 7) is -0.925. The summed E-state index contributed by atoms with van der Waals surface area (Å²) in [4.78, 5) is 11.0. The topological polar surface area (TPSA) is 179 Å². The van der Waals surface area contributed by atoms with Crippen LogP contribution in [0.5, 0.6) is 17.2 Å². The average molecular weight is 290 g/mol. The van der Waals surface area contributed by atoms with E-state index in [0.717, 1.165) is 0 Å². The quantitative estimate of drug-likeness (QED) is 0.292. The fraction of sp³-hybridized carbons (Fsp3) is 0.364. The van der Waals surface area contributed by atoms with E-state index < -0.39 is 59.3 Å². The molecule has 0 aliphatic carbocycles. The molecule has 0 spiro atoms. The molecule has 0 saturated carbocycles. The lowest BCUT2D eigenvalue weighted by molar-refractivity contribution is -0.0784. The number of rotatable bonds is 5. The SMILES string of the molecule is O=C(O)c1cc(O)c(O)c(O)c1C(O)C(O)C(O)CO. The van der Waals surface area contributed by atoms with Gasteiger partial charge < -0.3 is 40.9 Å². The third-order valence-corrected chi connectivity index (χ3v) is 2.72. The van der Waals surface area contributed by atoms with Crippen molar-refractivity contribution in [2.45, 2.75) is 18.3 Å². The van der Waals surface area contributed by atoms with Gasteiger partial charge >= 0.3 is 5.97 Å². The zero-order chi connectivity index (χ0) is 15.6. The van der Waals surface area contributed by atoms with E-state index in [-0.39, 0.29) is 0 Å². The average Bonchev–Trinajstić information content (AvgIpc) is 2.41. The molecule has 1 aromatic rings. The highest BCUT2D eigenvalue weighted by molar-refractivity contribution is 5.92. The minimum absolute atomic E-state index is 0.563. The van der Waals surface area contributed by atoms with Gasteiger partial charge in [0.05, 0.1) is 12.2 Å². The molecular weight excluding hydrogens is 276 g/mol. The number of phenolic OH excluding ortho intramolecular Hbond substituents is 3. The highest BCUT2D eigenvalue weighted by Crippen LogP contribution is 2.43. The summed E-state index contributed by atoms with van der Waals surface area (Å²) in [5, 5.41) is 74.2. The van der Waals surface area contributed by atoms with Crippen LogP contribution < -0.4 is 0 Å². The predicted octanol–water partition coefficient (Wildman–Crippen LogP) is -1.75. The van der Waals surface area contributed by atoms with Gasteiger partial charge in [-0.25, -0.2) is 4.79 Å². The summed E-state index contributed by atoms with van der Waals surface area (Å²) in [5.74, 6) is -4.84. The predicted molar refractivity (Wildman–Crippen MR) is 62.5 cm³/mol. The summed E-state index contributed by atoms with van der Waals surface area (Å²) in [5.41, 5.74) is -1.58. The number of phenols is 3. The molecule has 0 radical (unpaired) electrons. The van der Waals surface area contributed by atoms with Crippen molar-refractivity contribution in [2.75, 3.05) is 6.61 Å². The highest BCUT2D eigenvalue weighted by atomic mass is 16.4. The number of benzene rings is 1. The van der Waals surface area contributed by atoms with Gasteiger partial charge in [-0.15, -0.1) is 0 Å². The van der Waals surface area contributed by atoms with Gasteiger partial charge in [0.1, 0.15) is 18.3 Å². The molecule has 3 unspecified atom stereocenters. The van der Waals surface area contributed by atoms with Gasteiger partial charge in [0, 0.05) is 5.56 Å². The van der Waals surface area contributed by atoms with Crippen LogP contribution in [0, 0.1) is 0 Å². The lowest BCUT2D eigenvalue weighted by Crippen LogP contribution is -2.35. The summed E-state index contributed by atoms with van der Waals surface area (Å²) < 4.78 is 0. The van der Waals surface area contributed by atoms with Crippen molar-refractivity contribution in [2.24, 2.45) is 0 Å². The van der Waals surface area contributed by atoms with Gasteiger partial charge in [0.2, 0.25) is 5.75 Å². The van der Waals surface area contributed by atoms with E-state index in [1.54, 1.807) is 0 Å². The molecule has 0 saturated heterocycles. The number of hydrogen-bond acceptors (Lipinski definition) is 8. The number of carboxylic acids is 1. The first-order chi connectivity index (χ1) is 9.22. The van der Waals surface area contributed by atoms with Crippen LogP contribution in [0.4, 0.5) is 0 Å². The molecule has 0 amide bonds. The number of carboxylic acid groups (broad SMARTS) is 1. The van der Waals surface area contributed by atoms with E-state index in [2.05, 4.69) is 0 Å². The van der Waals surface area contributed by atoms with Gasteiger partial charge in [-0.1, -0.05) is 0 Å². The van der Waals surface area contributed by atoms with Gasteiger partial charge in [-0.05, 0) is 6.07 Å². The van der Waals surface area contributed by atoms with E-state index in [0.29, 0.717) is 6.07 Å². The van der Waals surface area contributed by atoms with Crippen LogP contribution in [0.3, 0.4) is 0 Å². The summed E-state index contributed by atoms with van der Waals surface area (Å²) >= 11 is 0. The molecule has 1 aromatic carbocycles. The molecule has 0 aliphatic rings. The van der Waals surface area contributed by atoms with Crippen molar-refractivity contribution in [3.8, 4) is 17.2 Å². The standard InChI is InChI=1S/C11H14O9/c12-2-5(14)8(16)10(18)6-3(11(19)20)1-4(13)7(15)9(6)17/h1,5,8,10,12-18H,2H2,(H,19,20). The molecule has 0 aliphatic heterocycles. The molecular formula is C11H14O9. The second-order valence-corrected chi connectivity index (χ2v) is 4.04. The van der Waals surface area contributed by atoms with Crippen molar-refractivity contribution in [3.05, 3.63) is 17.2 Å². The minimum atomic E-state index is -2.12. The van der Waals surface area contributed by atoms with E-state index in [9.17, 15) is 35.4 Å². The first kappa shape index (κ1) is 16.0. The Kier molecular flexibility index (Phi) is 4.73. The molecule has 9 heteroatoms. The van der Waals surface area contributed by atoms with E-state index in [1.165, 1.54) is 0 Å². The molecule has 20 heavy (non-hydrogen) atoms. The maximum Gasteiger partial charge on any atom is 0.336 e. The Labute approximate surface area is 112 Å². The number of aliphatic hydroxyl groups excluding tert-OH is 4. The van der Waals surface area contributed by atoms with Crippen LogP contribution in [0.2, 0.25) is 0 Å². The Morgan fingerprint density at radius 1 is 1.10 bits per heavy atom. The van der Waals surface area contributed by atoms with Crippen molar-refractivity contribution in [1.29, 1.82) is 0 Å².